The largest absolute Gasteiger partial charge is 0.483 e. The normalized spacial score (nSPS) is 16.8. The van der Waals surface area contributed by atoms with Crippen LogP contribution in [0.1, 0.15) is 62.8 Å². The number of nitrogen functional groups attached to an aromatic ring is 1. The van der Waals surface area contributed by atoms with Crippen LogP contribution in [0.5, 0.6) is 5.75 Å². The number of nitrogens with two attached hydrogens (primary N) is 2. The molecule has 2 fully saturated rings. The average Bonchev–Trinajstić information content (AvgIpc) is 3.90. The lowest BCUT2D eigenvalue weighted by atomic mass is 10.0. The predicted molar refractivity (Wildman–Crippen MR) is 179 cm³/mol. The fourth-order valence-electron chi connectivity index (χ4n) is 6.10. The van der Waals surface area contributed by atoms with Crippen molar-refractivity contribution in [1.82, 2.24) is 30.0 Å². The van der Waals surface area contributed by atoms with Crippen LogP contribution in [-0.4, -0.2) is 94.3 Å². The number of piperidine rings is 1. The van der Waals surface area contributed by atoms with E-state index in [9.17, 15) is 43.2 Å². The average molecular weight is 719 g/mol. The molecule has 0 bridgehead atoms. The smallest absolute Gasteiger partial charge is 0.332 e. The molecule has 272 valence electrons. The lowest BCUT2D eigenvalue weighted by Crippen LogP contribution is -2.54. The summed E-state index contributed by atoms with van der Waals surface area (Å²) in [5, 5.41) is 7.29. The van der Waals surface area contributed by atoms with Gasteiger partial charge in [0.25, 0.3) is 29.2 Å². The third-order valence-corrected chi connectivity index (χ3v) is 8.74. The number of benzene rings is 2. The maximum Gasteiger partial charge on any atom is 0.332 e. The first kappa shape index (κ1) is 35.5. The number of anilines is 1. The van der Waals surface area contributed by atoms with Crippen molar-refractivity contribution in [2.75, 3.05) is 38.6 Å². The Morgan fingerprint density at radius 3 is 2.31 bits per heavy atom. The van der Waals surface area contributed by atoms with Gasteiger partial charge in [0.1, 0.15) is 18.3 Å². The molecule has 7 N–H and O–H groups in total. The maximum absolute atomic E-state index is 13.2. The van der Waals surface area contributed by atoms with E-state index in [4.69, 9.17) is 20.9 Å². The molecule has 19 nitrogen and oxygen atoms in total. The summed E-state index contributed by atoms with van der Waals surface area (Å²) in [6.07, 6.45) is 1.37. The summed E-state index contributed by atoms with van der Waals surface area (Å²) in [5.74, 6) is -4.76. The molecule has 1 atom stereocenters. The summed E-state index contributed by atoms with van der Waals surface area (Å²) >= 11 is 0. The van der Waals surface area contributed by atoms with Crippen molar-refractivity contribution < 1.29 is 43.0 Å². The molecule has 0 spiro atoms. The molecule has 3 aromatic rings. The Labute approximate surface area is 293 Å². The number of nitrogens with zero attached hydrogens (tertiary/aromatic N) is 3. The monoisotopic (exact) mass is 718 g/mol. The number of hydrogen-bond acceptors (Lipinski definition) is 12. The van der Waals surface area contributed by atoms with Gasteiger partial charge in [0.15, 0.2) is 6.61 Å². The van der Waals surface area contributed by atoms with Gasteiger partial charge in [-0.15, -0.1) is 0 Å². The van der Waals surface area contributed by atoms with Gasteiger partial charge in [-0.3, -0.25) is 57.7 Å². The van der Waals surface area contributed by atoms with Crippen LogP contribution < -0.4 is 43.4 Å². The predicted octanol–water partition coefficient (Wildman–Crippen LogP) is -2.09. The fraction of sp³-hybridized carbons (Fsp3) is 0.364. The van der Waals surface area contributed by atoms with Crippen molar-refractivity contribution in [3.63, 3.8) is 0 Å². The van der Waals surface area contributed by atoms with Gasteiger partial charge in [-0.25, -0.2) is 4.79 Å². The molecule has 2 aromatic carbocycles. The van der Waals surface area contributed by atoms with Crippen LogP contribution in [0.3, 0.4) is 0 Å². The highest BCUT2D eigenvalue weighted by atomic mass is 16.5. The Morgan fingerprint density at radius 1 is 0.923 bits per heavy atom. The molecular weight excluding hydrogens is 684 g/mol. The summed E-state index contributed by atoms with van der Waals surface area (Å²) in [6, 6.07) is 5.58. The van der Waals surface area contributed by atoms with Crippen LogP contribution >= 0.6 is 0 Å². The summed E-state index contributed by atoms with van der Waals surface area (Å²) in [4.78, 5) is 114. The minimum atomic E-state index is -1.14. The second kappa shape index (κ2) is 14.5. The van der Waals surface area contributed by atoms with E-state index in [0.717, 1.165) is 9.47 Å². The first-order chi connectivity index (χ1) is 24.9. The molecule has 1 unspecified atom stereocenters. The summed E-state index contributed by atoms with van der Waals surface area (Å²) in [7, 11) is 0. The molecule has 0 radical (unpaired) electrons. The van der Waals surface area contributed by atoms with Crippen LogP contribution in [0.25, 0.3) is 10.9 Å². The Morgan fingerprint density at radius 2 is 1.63 bits per heavy atom. The van der Waals surface area contributed by atoms with Crippen molar-refractivity contribution in [3.05, 3.63) is 67.9 Å². The highest BCUT2D eigenvalue weighted by molar-refractivity contribution is 6.24. The highest BCUT2D eigenvalue weighted by Crippen LogP contribution is 2.36. The van der Waals surface area contributed by atoms with Crippen molar-refractivity contribution in [1.29, 1.82) is 0 Å². The van der Waals surface area contributed by atoms with Crippen LogP contribution in [0.15, 0.2) is 39.9 Å². The van der Waals surface area contributed by atoms with Gasteiger partial charge < -0.3 is 31.6 Å². The fourth-order valence-corrected chi connectivity index (χ4v) is 6.10. The van der Waals surface area contributed by atoms with E-state index >= 15 is 0 Å². The summed E-state index contributed by atoms with van der Waals surface area (Å²) in [5.41, 5.74) is 10.0. The number of imide groups is 2. The molecule has 6 rings (SSSR count). The van der Waals surface area contributed by atoms with Gasteiger partial charge >= 0.3 is 5.69 Å². The second-order valence-electron chi connectivity index (χ2n) is 12.3. The number of carbonyl (C=O) groups is 7. The third-order valence-electron chi connectivity index (χ3n) is 8.74. The molecule has 7 amide bonds. The SMILES string of the molecule is NC(=O)c1cc2c(=O)n(CC(=O)NCCOCCNC(=O)COc3cccc4c3C(=O)N(C3CCC(=O)NC3=O)C4=O)c(=O)n(C3CC3)c2cc1N. The molecule has 52 heavy (non-hydrogen) atoms. The topological polar surface area (TPSA) is 273 Å². The minimum absolute atomic E-state index is 0.00353. The van der Waals surface area contributed by atoms with Crippen LogP contribution in [0.2, 0.25) is 0 Å². The summed E-state index contributed by atoms with van der Waals surface area (Å²) < 4.78 is 13.2. The molecule has 3 aliphatic rings. The number of rotatable bonds is 14. The van der Waals surface area contributed by atoms with E-state index in [-0.39, 0.29) is 84.2 Å². The minimum Gasteiger partial charge on any atom is -0.483 e. The van der Waals surface area contributed by atoms with Crippen LogP contribution in [0.4, 0.5) is 5.69 Å². The van der Waals surface area contributed by atoms with Gasteiger partial charge in [-0.2, -0.15) is 0 Å². The van der Waals surface area contributed by atoms with Gasteiger partial charge in [-0.1, -0.05) is 6.07 Å². The van der Waals surface area contributed by atoms with Crippen molar-refractivity contribution >= 4 is 57.9 Å². The number of ether oxygens (including phenoxy) is 2. The molecular formula is C33H34N8O11. The van der Waals surface area contributed by atoms with Gasteiger partial charge in [0, 0.05) is 31.2 Å². The van der Waals surface area contributed by atoms with E-state index in [0.29, 0.717) is 12.8 Å². The quantitative estimate of drug-likeness (QED) is 0.0682. The Hall–Kier alpha value is -6.37. The van der Waals surface area contributed by atoms with Crippen molar-refractivity contribution in [2.45, 2.75) is 44.3 Å². The number of amides is 7. The molecule has 2 aliphatic heterocycles. The first-order valence-corrected chi connectivity index (χ1v) is 16.3. The van der Waals surface area contributed by atoms with E-state index in [1.807, 2.05) is 0 Å². The van der Waals surface area contributed by atoms with Gasteiger partial charge in [0.2, 0.25) is 17.7 Å². The van der Waals surface area contributed by atoms with E-state index < -0.39 is 71.8 Å². The number of fused-ring (bicyclic) bond motifs is 2. The third kappa shape index (κ3) is 6.97. The lowest BCUT2D eigenvalue weighted by molar-refractivity contribution is -0.136. The van der Waals surface area contributed by atoms with Crippen molar-refractivity contribution in [3.8, 4) is 5.75 Å². The molecule has 1 saturated heterocycles. The van der Waals surface area contributed by atoms with E-state index in [2.05, 4.69) is 16.0 Å². The maximum atomic E-state index is 13.2. The standard InChI is InChI=1S/C33H34N8O11/c34-20-13-22-19(12-18(20)28(35)45)30(47)39(33(50)40(22)16-4-5-16)14-25(43)36-8-10-51-11-9-37-26(44)15-52-23-3-1-2-17-27(23)32(49)41(31(17)48)21-6-7-24(42)38-29(21)46/h1-3,12-13,16,21H,4-11,14-15,34H2,(H2,35,45)(H,36,43)(H,37,44)(H,38,42,46). The second-order valence-corrected chi connectivity index (χ2v) is 12.3. The molecule has 19 heteroatoms. The zero-order chi connectivity index (χ0) is 37.3. The number of hydrogen-bond donors (Lipinski definition) is 5. The molecule has 1 aliphatic carbocycles. The van der Waals surface area contributed by atoms with E-state index in [1.165, 1.54) is 34.9 Å². The van der Waals surface area contributed by atoms with Crippen molar-refractivity contribution in [2.24, 2.45) is 5.73 Å². The molecule has 1 saturated carbocycles. The highest BCUT2D eigenvalue weighted by Gasteiger charge is 2.46. The Bertz CT molecular complexity index is 2170. The number of nitrogens with one attached hydrogen (secondary N) is 3. The number of carbonyl (C=O) groups excluding carboxylic acids is 7. The zero-order valence-electron chi connectivity index (χ0n) is 27.6. The van der Waals surface area contributed by atoms with Crippen LogP contribution in [-0.2, 0) is 30.5 Å². The summed E-state index contributed by atoms with van der Waals surface area (Å²) in [6.45, 7) is -0.897. The number of aromatic nitrogens is 2. The molecule has 1 aromatic heterocycles. The van der Waals surface area contributed by atoms with E-state index in [1.54, 1.807) is 0 Å². The Balaban J connectivity index is 0.947. The van der Waals surface area contributed by atoms with Gasteiger partial charge in [-0.05, 0) is 43.5 Å². The molecule has 3 heterocycles. The van der Waals surface area contributed by atoms with Crippen LogP contribution in [0, 0.1) is 0 Å². The first-order valence-electron chi connectivity index (χ1n) is 16.3. The number of primary amides is 1. The van der Waals surface area contributed by atoms with Gasteiger partial charge in [0.05, 0.1) is 40.8 Å². The zero-order valence-corrected chi connectivity index (χ0v) is 27.6. The Kier molecular flexibility index (Phi) is 9.86. The lowest BCUT2D eigenvalue weighted by Gasteiger charge is -2.27.